The smallest absolute Gasteiger partial charge is 0.400 e. The molecule has 2 aromatic rings. The number of benzene rings is 1. The lowest BCUT2D eigenvalue weighted by Crippen LogP contribution is -2.18. The number of hydrogen-bond acceptors (Lipinski definition) is 4. The van der Waals surface area contributed by atoms with Crippen molar-refractivity contribution in [3.05, 3.63) is 39.4 Å². The van der Waals surface area contributed by atoms with Gasteiger partial charge in [-0.2, -0.15) is 0 Å². The standard InChI is InChI=1S/C12H12N2O3/c1-13-6-5-8-3-2-4-10-11(8)9(7-13)12(17-10)14(15)16/h2-4H,5-7H2,1H3. The number of rotatable bonds is 1. The monoisotopic (exact) mass is 232 g/mol. The molecular weight excluding hydrogens is 220 g/mol. The Morgan fingerprint density at radius 3 is 3.06 bits per heavy atom. The van der Waals surface area contributed by atoms with E-state index in [1.165, 1.54) is 0 Å². The lowest BCUT2D eigenvalue weighted by Gasteiger charge is -2.11. The van der Waals surface area contributed by atoms with Gasteiger partial charge in [-0.05, 0) is 25.1 Å². The minimum absolute atomic E-state index is 0.110. The van der Waals surface area contributed by atoms with Crippen LogP contribution < -0.4 is 0 Å². The van der Waals surface area contributed by atoms with E-state index < -0.39 is 4.92 Å². The van der Waals surface area contributed by atoms with Crippen molar-refractivity contribution < 1.29 is 9.34 Å². The fraction of sp³-hybridized carbons (Fsp3) is 0.333. The zero-order chi connectivity index (χ0) is 12.0. The second kappa shape index (κ2) is 3.56. The minimum Gasteiger partial charge on any atom is -0.400 e. The van der Waals surface area contributed by atoms with Crippen LogP contribution in [0, 0.1) is 10.1 Å². The van der Waals surface area contributed by atoms with Gasteiger partial charge in [0.25, 0.3) is 0 Å². The zero-order valence-corrected chi connectivity index (χ0v) is 9.47. The first-order valence-electron chi connectivity index (χ1n) is 5.53. The quantitative estimate of drug-likeness (QED) is 0.559. The Balaban J connectivity index is 2.35. The molecule has 3 rings (SSSR count). The maximum atomic E-state index is 11.0. The summed E-state index contributed by atoms with van der Waals surface area (Å²) in [7, 11) is 1.97. The van der Waals surface area contributed by atoms with Gasteiger partial charge in [0.2, 0.25) is 0 Å². The predicted octanol–water partition coefficient (Wildman–Crippen LogP) is 2.33. The minimum atomic E-state index is -0.432. The van der Waals surface area contributed by atoms with Gasteiger partial charge >= 0.3 is 5.88 Å². The predicted molar refractivity (Wildman–Crippen MR) is 62.9 cm³/mol. The van der Waals surface area contributed by atoms with Gasteiger partial charge in [-0.15, -0.1) is 0 Å². The normalized spacial score (nSPS) is 16.1. The molecule has 0 saturated carbocycles. The van der Waals surface area contributed by atoms with E-state index in [9.17, 15) is 10.1 Å². The fourth-order valence-electron chi connectivity index (χ4n) is 2.44. The molecule has 88 valence electrons. The number of nitrogens with zero attached hydrogens (tertiary/aromatic N) is 2. The maximum absolute atomic E-state index is 11.0. The molecule has 1 aliphatic heterocycles. The van der Waals surface area contributed by atoms with Crippen molar-refractivity contribution in [1.82, 2.24) is 4.90 Å². The molecule has 0 spiro atoms. The topological polar surface area (TPSA) is 59.5 Å². The summed E-state index contributed by atoms with van der Waals surface area (Å²) in [5.41, 5.74) is 2.47. The van der Waals surface area contributed by atoms with Crippen LogP contribution in [0.3, 0.4) is 0 Å². The van der Waals surface area contributed by atoms with Gasteiger partial charge in [-0.25, -0.2) is 0 Å². The van der Waals surface area contributed by atoms with Crippen LogP contribution in [0.25, 0.3) is 11.0 Å². The van der Waals surface area contributed by atoms with Crippen molar-refractivity contribution >= 4 is 16.9 Å². The summed E-state index contributed by atoms with van der Waals surface area (Å²) in [6, 6.07) is 5.70. The molecule has 5 heteroatoms. The molecular formula is C12H12N2O3. The highest BCUT2D eigenvalue weighted by molar-refractivity contribution is 5.88. The molecule has 0 amide bonds. The second-order valence-corrected chi connectivity index (χ2v) is 4.42. The molecule has 17 heavy (non-hydrogen) atoms. The Labute approximate surface area is 97.8 Å². The average molecular weight is 232 g/mol. The zero-order valence-electron chi connectivity index (χ0n) is 9.47. The Hall–Kier alpha value is -1.88. The average Bonchev–Trinajstić information content (AvgIpc) is 2.57. The molecule has 2 heterocycles. The van der Waals surface area contributed by atoms with Gasteiger partial charge in [-0.1, -0.05) is 12.1 Å². The van der Waals surface area contributed by atoms with Crippen LogP contribution in [-0.4, -0.2) is 23.4 Å². The molecule has 1 aromatic heterocycles. The van der Waals surface area contributed by atoms with Crippen LogP contribution in [0.2, 0.25) is 0 Å². The van der Waals surface area contributed by atoms with Crippen molar-refractivity contribution in [2.75, 3.05) is 13.6 Å². The molecule has 0 radical (unpaired) electrons. The van der Waals surface area contributed by atoms with E-state index in [0.29, 0.717) is 17.7 Å². The van der Waals surface area contributed by atoms with Crippen LogP contribution in [0.15, 0.2) is 22.6 Å². The summed E-state index contributed by atoms with van der Waals surface area (Å²) in [5, 5.41) is 11.9. The van der Waals surface area contributed by atoms with Crippen molar-refractivity contribution in [3.63, 3.8) is 0 Å². The Kier molecular flexibility index (Phi) is 2.16. The van der Waals surface area contributed by atoms with Gasteiger partial charge in [0.05, 0.1) is 5.56 Å². The largest absolute Gasteiger partial charge is 0.438 e. The van der Waals surface area contributed by atoms with Gasteiger partial charge in [0.15, 0.2) is 0 Å². The fourth-order valence-corrected chi connectivity index (χ4v) is 2.44. The maximum Gasteiger partial charge on any atom is 0.438 e. The molecule has 0 fully saturated rings. The summed E-state index contributed by atoms with van der Waals surface area (Å²) in [4.78, 5) is 12.6. The lowest BCUT2D eigenvalue weighted by atomic mass is 10.1. The number of hydrogen-bond donors (Lipinski definition) is 0. The first-order chi connectivity index (χ1) is 8.16. The lowest BCUT2D eigenvalue weighted by molar-refractivity contribution is -0.402. The van der Waals surface area contributed by atoms with Crippen molar-refractivity contribution in [2.45, 2.75) is 13.0 Å². The van der Waals surface area contributed by atoms with Gasteiger partial charge < -0.3 is 9.32 Å². The summed E-state index contributed by atoms with van der Waals surface area (Å²) in [6.07, 6.45) is 0.900. The molecule has 0 saturated heterocycles. The van der Waals surface area contributed by atoms with E-state index in [1.54, 1.807) is 6.07 Å². The van der Waals surface area contributed by atoms with Crippen LogP contribution in [0.5, 0.6) is 0 Å². The molecule has 0 aliphatic carbocycles. The van der Waals surface area contributed by atoms with E-state index in [0.717, 1.165) is 23.9 Å². The van der Waals surface area contributed by atoms with E-state index >= 15 is 0 Å². The third-order valence-electron chi connectivity index (χ3n) is 3.24. The van der Waals surface area contributed by atoms with Crippen molar-refractivity contribution in [3.8, 4) is 0 Å². The Morgan fingerprint density at radius 1 is 1.47 bits per heavy atom. The number of nitro groups is 1. The first kappa shape index (κ1) is 10.3. The van der Waals surface area contributed by atoms with E-state index in [-0.39, 0.29) is 5.88 Å². The third-order valence-corrected chi connectivity index (χ3v) is 3.24. The number of likely N-dealkylation sites (N-methyl/N-ethyl adjacent to an activating group) is 1. The first-order valence-corrected chi connectivity index (χ1v) is 5.53. The van der Waals surface area contributed by atoms with Crippen molar-refractivity contribution in [2.24, 2.45) is 0 Å². The number of furan rings is 1. The van der Waals surface area contributed by atoms with E-state index in [2.05, 4.69) is 4.90 Å². The summed E-state index contributed by atoms with van der Waals surface area (Å²) in [6.45, 7) is 1.48. The summed E-state index contributed by atoms with van der Waals surface area (Å²) >= 11 is 0. The Bertz CT molecular complexity index is 603. The van der Waals surface area contributed by atoms with Crippen LogP contribution in [0.4, 0.5) is 5.88 Å². The molecule has 5 nitrogen and oxygen atoms in total. The van der Waals surface area contributed by atoms with Gasteiger partial charge in [0, 0.05) is 18.5 Å². The van der Waals surface area contributed by atoms with Crippen LogP contribution in [-0.2, 0) is 13.0 Å². The molecule has 1 aromatic carbocycles. The third kappa shape index (κ3) is 1.51. The molecule has 0 atom stereocenters. The molecule has 0 unspecified atom stereocenters. The highest BCUT2D eigenvalue weighted by Gasteiger charge is 2.28. The van der Waals surface area contributed by atoms with E-state index in [4.69, 9.17) is 4.42 Å². The van der Waals surface area contributed by atoms with Crippen molar-refractivity contribution in [1.29, 1.82) is 0 Å². The molecule has 0 N–H and O–H groups in total. The highest BCUT2D eigenvalue weighted by atomic mass is 16.6. The summed E-state index contributed by atoms with van der Waals surface area (Å²) < 4.78 is 5.35. The van der Waals surface area contributed by atoms with Crippen LogP contribution in [0.1, 0.15) is 11.1 Å². The molecule has 0 bridgehead atoms. The highest BCUT2D eigenvalue weighted by Crippen LogP contribution is 2.36. The Morgan fingerprint density at radius 2 is 2.29 bits per heavy atom. The van der Waals surface area contributed by atoms with Gasteiger partial charge in [0.1, 0.15) is 10.5 Å². The molecule has 1 aliphatic rings. The SMILES string of the molecule is CN1CCc2cccc3oc([N+](=O)[O-])c(c23)C1. The second-order valence-electron chi connectivity index (χ2n) is 4.42. The van der Waals surface area contributed by atoms with E-state index in [1.807, 2.05) is 19.2 Å². The summed E-state index contributed by atoms with van der Waals surface area (Å²) in [5.74, 6) is -0.110. The van der Waals surface area contributed by atoms with Gasteiger partial charge in [-0.3, -0.25) is 10.1 Å². The van der Waals surface area contributed by atoms with Crippen LogP contribution >= 0.6 is 0 Å².